The zero-order chi connectivity index (χ0) is 23.3. The number of aryl methyl sites for hydroxylation is 1. The first-order valence-electron chi connectivity index (χ1n) is 9.71. The first kappa shape index (κ1) is 21.2. The number of aliphatic hydroxyl groups excluding tert-OH is 1. The Morgan fingerprint density at radius 3 is 2.97 bits per heavy atom. The summed E-state index contributed by atoms with van der Waals surface area (Å²) in [6.45, 7) is 1.85. The fourth-order valence-corrected chi connectivity index (χ4v) is 4.48. The van der Waals surface area contributed by atoms with E-state index in [4.69, 9.17) is 21.8 Å². The Kier molecular flexibility index (Phi) is 5.19. The fourth-order valence-electron chi connectivity index (χ4n) is 3.44. The van der Waals surface area contributed by atoms with Crippen LogP contribution < -0.4 is 11.3 Å². The van der Waals surface area contributed by atoms with Gasteiger partial charge in [0.1, 0.15) is 22.3 Å². The van der Waals surface area contributed by atoms with E-state index in [2.05, 4.69) is 20.4 Å². The van der Waals surface area contributed by atoms with Crippen molar-refractivity contribution < 1.29 is 14.3 Å². The number of rotatable bonds is 6. The van der Waals surface area contributed by atoms with Crippen molar-refractivity contribution in [1.82, 2.24) is 29.8 Å². The van der Waals surface area contributed by atoms with Crippen molar-refractivity contribution in [2.45, 2.75) is 26.1 Å². The molecule has 3 N–H and O–H groups in total. The number of primary amides is 1. The topological polar surface area (TPSA) is 155 Å². The number of halogens is 1. The van der Waals surface area contributed by atoms with Gasteiger partial charge in [0.05, 0.1) is 30.4 Å². The first-order chi connectivity index (χ1) is 15.8. The summed E-state index contributed by atoms with van der Waals surface area (Å²) in [7, 11) is 0. The molecular formula is C20H16ClN7O4S. The highest BCUT2D eigenvalue weighted by molar-refractivity contribution is 7.17. The predicted molar refractivity (Wildman–Crippen MR) is 120 cm³/mol. The quantitative estimate of drug-likeness (QED) is 0.370. The fraction of sp³-hybridized carbons (Fsp3) is 0.200. The highest BCUT2D eigenvalue weighted by atomic mass is 35.5. The van der Waals surface area contributed by atoms with Gasteiger partial charge in [0.15, 0.2) is 5.82 Å². The van der Waals surface area contributed by atoms with E-state index < -0.39 is 17.6 Å². The van der Waals surface area contributed by atoms with Crippen molar-refractivity contribution >= 4 is 50.0 Å². The minimum absolute atomic E-state index is 0.0118. The molecule has 0 aliphatic heterocycles. The maximum atomic E-state index is 12.8. The SMILES string of the molecule is Cc1cc2cc([C@@H](O)Cn3nnc(Cn4cnc5scc(C(N)=O)c5c4=O)n3)oc2cc1Cl. The minimum atomic E-state index is -1.02. The molecule has 4 heterocycles. The van der Waals surface area contributed by atoms with E-state index in [1.54, 1.807) is 12.1 Å². The number of nitrogens with zero attached hydrogens (tertiary/aromatic N) is 6. The van der Waals surface area contributed by atoms with E-state index >= 15 is 0 Å². The number of tetrazole rings is 1. The Morgan fingerprint density at radius 1 is 1.36 bits per heavy atom. The molecule has 0 bridgehead atoms. The molecule has 11 nitrogen and oxygen atoms in total. The molecule has 0 saturated heterocycles. The van der Waals surface area contributed by atoms with Crippen molar-refractivity contribution in [2.24, 2.45) is 5.73 Å². The number of amides is 1. The van der Waals surface area contributed by atoms with Crippen LogP contribution in [0.1, 0.15) is 33.6 Å². The number of carbonyl (C=O) groups is 1. The molecule has 5 rings (SSSR count). The van der Waals surface area contributed by atoms with Gasteiger partial charge in [-0.25, -0.2) is 4.98 Å². The summed E-state index contributed by atoms with van der Waals surface area (Å²) in [5.41, 5.74) is 6.52. The smallest absolute Gasteiger partial charge is 0.263 e. The average Bonchev–Trinajstić information content (AvgIpc) is 3.49. The summed E-state index contributed by atoms with van der Waals surface area (Å²) in [5.74, 6) is -0.125. The number of aliphatic hydroxyl groups is 1. The molecule has 0 fully saturated rings. The Hall–Kier alpha value is -3.61. The maximum Gasteiger partial charge on any atom is 0.263 e. The second kappa shape index (κ2) is 8.06. The summed E-state index contributed by atoms with van der Waals surface area (Å²) in [4.78, 5) is 30.2. The van der Waals surface area contributed by atoms with Gasteiger partial charge >= 0.3 is 0 Å². The largest absolute Gasteiger partial charge is 0.458 e. The normalized spacial score (nSPS) is 12.6. The second-order valence-corrected chi connectivity index (χ2v) is 8.70. The zero-order valence-corrected chi connectivity index (χ0v) is 18.7. The van der Waals surface area contributed by atoms with Crippen LogP contribution in [0, 0.1) is 6.92 Å². The van der Waals surface area contributed by atoms with Gasteiger partial charge < -0.3 is 15.3 Å². The van der Waals surface area contributed by atoms with Gasteiger partial charge in [-0.3, -0.25) is 14.2 Å². The highest BCUT2D eigenvalue weighted by Gasteiger charge is 2.19. The van der Waals surface area contributed by atoms with Gasteiger partial charge in [0.25, 0.3) is 5.56 Å². The van der Waals surface area contributed by atoms with Gasteiger partial charge in [-0.1, -0.05) is 11.6 Å². The lowest BCUT2D eigenvalue weighted by atomic mass is 10.1. The Balaban J connectivity index is 1.35. The zero-order valence-electron chi connectivity index (χ0n) is 17.1. The molecule has 0 aliphatic rings. The summed E-state index contributed by atoms with van der Waals surface area (Å²) in [6, 6.07) is 5.32. The molecule has 0 aliphatic carbocycles. The Morgan fingerprint density at radius 2 is 2.18 bits per heavy atom. The number of benzene rings is 1. The lowest BCUT2D eigenvalue weighted by molar-refractivity contribution is 0.100. The van der Waals surface area contributed by atoms with Crippen LogP contribution >= 0.6 is 22.9 Å². The summed E-state index contributed by atoms with van der Waals surface area (Å²) in [6.07, 6.45) is 0.325. The van der Waals surface area contributed by atoms with E-state index in [9.17, 15) is 14.7 Å². The number of fused-ring (bicyclic) bond motifs is 2. The van der Waals surface area contributed by atoms with Crippen molar-refractivity contribution in [3.05, 3.63) is 68.0 Å². The van der Waals surface area contributed by atoms with Gasteiger partial charge in [-0.2, -0.15) is 4.80 Å². The van der Waals surface area contributed by atoms with Crippen molar-refractivity contribution in [2.75, 3.05) is 0 Å². The molecule has 5 aromatic rings. The van der Waals surface area contributed by atoms with E-state index in [0.717, 1.165) is 10.9 Å². The molecule has 4 aromatic heterocycles. The van der Waals surface area contributed by atoms with Gasteiger partial charge in [0.2, 0.25) is 5.91 Å². The second-order valence-electron chi connectivity index (χ2n) is 7.44. The molecule has 0 radical (unpaired) electrons. The van der Waals surface area contributed by atoms with Crippen LogP contribution in [0.3, 0.4) is 0 Å². The number of hydrogen-bond acceptors (Lipinski definition) is 9. The molecule has 33 heavy (non-hydrogen) atoms. The number of hydrogen-bond donors (Lipinski definition) is 2. The molecular weight excluding hydrogens is 470 g/mol. The highest BCUT2D eigenvalue weighted by Crippen LogP contribution is 2.29. The lowest BCUT2D eigenvalue weighted by Gasteiger charge is -2.05. The van der Waals surface area contributed by atoms with E-state index in [1.807, 2.05) is 13.0 Å². The van der Waals surface area contributed by atoms with Gasteiger partial charge in [0, 0.05) is 21.9 Å². The third kappa shape index (κ3) is 3.88. The number of thiophene rings is 1. The van der Waals surface area contributed by atoms with Crippen molar-refractivity contribution in [3.8, 4) is 0 Å². The number of furan rings is 1. The van der Waals surface area contributed by atoms with E-state index in [1.165, 1.54) is 32.4 Å². The summed E-state index contributed by atoms with van der Waals surface area (Å²) in [5, 5.41) is 25.7. The van der Waals surface area contributed by atoms with Crippen molar-refractivity contribution in [3.63, 3.8) is 0 Å². The Bertz CT molecular complexity index is 1550. The van der Waals surface area contributed by atoms with Crippen LogP contribution in [0.15, 0.2) is 39.1 Å². The maximum absolute atomic E-state index is 12.8. The molecule has 168 valence electrons. The van der Waals surface area contributed by atoms with E-state index in [-0.39, 0.29) is 29.9 Å². The molecule has 1 atom stereocenters. The van der Waals surface area contributed by atoms with Crippen LogP contribution in [-0.4, -0.2) is 40.8 Å². The number of nitrogens with two attached hydrogens (primary N) is 1. The Labute approximate surface area is 194 Å². The van der Waals surface area contributed by atoms with Crippen LogP contribution in [0.4, 0.5) is 0 Å². The average molecular weight is 486 g/mol. The molecule has 0 saturated carbocycles. The summed E-state index contributed by atoms with van der Waals surface area (Å²) >= 11 is 7.30. The summed E-state index contributed by atoms with van der Waals surface area (Å²) < 4.78 is 6.97. The number of aromatic nitrogens is 6. The van der Waals surface area contributed by atoms with Crippen LogP contribution in [0.25, 0.3) is 21.2 Å². The lowest BCUT2D eigenvalue weighted by Crippen LogP contribution is -2.23. The first-order valence-corrected chi connectivity index (χ1v) is 11.0. The molecule has 13 heteroatoms. The third-order valence-electron chi connectivity index (χ3n) is 5.11. The molecule has 1 aromatic carbocycles. The van der Waals surface area contributed by atoms with Gasteiger partial charge in [-0.05, 0) is 29.8 Å². The third-order valence-corrected chi connectivity index (χ3v) is 6.41. The van der Waals surface area contributed by atoms with Crippen LogP contribution in [0.5, 0.6) is 0 Å². The van der Waals surface area contributed by atoms with Crippen LogP contribution in [-0.2, 0) is 13.1 Å². The molecule has 1 amide bonds. The molecule has 0 unspecified atom stereocenters. The van der Waals surface area contributed by atoms with E-state index in [0.29, 0.717) is 21.2 Å². The van der Waals surface area contributed by atoms with Gasteiger partial charge in [-0.15, -0.1) is 21.5 Å². The molecule has 0 spiro atoms. The van der Waals surface area contributed by atoms with Crippen molar-refractivity contribution in [1.29, 1.82) is 0 Å². The predicted octanol–water partition coefficient (Wildman–Crippen LogP) is 2.03. The van der Waals surface area contributed by atoms with Crippen LogP contribution in [0.2, 0.25) is 5.02 Å². The number of carbonyl (C=O) groups excluding carboxylic acids is 1. The monoisotopic (exact) mass is 485 g/mol. The minimum Gasteiger partial charge on any atom is -0.458 e. The standard InChI is InChI=1S/C20H16ClN7O4S/c1-9-2-10-3-15(32-14(10)4-12(9)21)13(29)5-28-25-16(24-26-28)6-27-8-23-19-17(20(27)31)11(7-33-19)18(22)30/h2-4,7-8,13,29H,5-6H2,1H3,(H2,22,30)/t13-/m0/s1.